The summed E-state index contributed by atoms with van der Waals surface area (Å²) in [6, 6.07) is 54.8. The second kappa shape index (κ2) is 10.3. The fraction of sp³-hybridized carbons (Fsp3) is 0.0476. The van der Waals surface area contributed by atoms with E-state index in [0.29, 0.717) is 0 Å². The molecule has 0 saturated heterocycles. The van der Waals surface area contributed by atoms with E-state index >= 15 is 0 Å². The highest BCUT2D eigenvalue weighted by molar-refractivity contribution is 7.70. The van der Waals surface area contributed by atoms with Crippen LogP contribution in [0.1, 0.15) is 0 Å². The molecule has 0 amide bonds. The molecule has 0 aliphatic rings. The third-order valence-corrected chi connectivity index (χ3v) is 10.4. The first kappa shape index (κ1) is 26.6. The van der Waals surface area contributed by atoms with Gasteiger partial charge in [0.25, 0.3) is 0 Å². The molecule has 0 radical (unpaired) electrons. The van der Waals surface area contributed by atoms with Crippen molar-refractivity contribution >= 4 is 55.5 Å². The van der Waals surface area contributed by atoms with Crippen molar-refractivity contribution in [2.75, 3.05) is 13.3 Å². The Labute approximate surface area is 257 Å². The van der Waals surface area contributed by atoms with Crippen LogP contribution in [-0.2, 0) is 4.57 Å². The molecule has 210 valence electrons. The maximum atomic E-state index is 12.8. The Morgan fingerprint density at radius 3 is 1.07 bits per heavy atom. The first-order valence-electron chi connectivity index (χ1n) is 15.1. The summed E-state index contributed by atoms with van der Waals surface area (Å²) in [5.74, 6) is 0. The van der Waals surface area contributed by atoms with Crippen molar-refractivity contribution in [1.29, 1.82) is 0 Å². The zero-order valence-electron chi connectivity index (χ0n) is 24.8. The van der Waals surface area contributed by atoms with Gasteiger partial charge in [-0.3, -0.25) is 0 Å². The van der Waals surface area contributed by atoms with Gasteiger partial charge in [-0.05, 0) is 120 Å². The lowest BCUT2D eigenvalue weighted by Crippen LogP contribution is -2.01. The van der Waals surface area contributed by atoms with E-state index in [1.54, 1.807) is 0 Å². The SMILES string of the molecule is CP(C)(=O)c1ccc(-c2cc(-c3c4ccccc4cc4ccccc34)cc(-c3c4ccccc4cc4ccccc34)c2)cc1. The molecule has 0 aromatic heterocycles. The van der Waals surface area contributed by atoms with E-state index in [9.17, 15) is 4.57 Å². The second-order valence-corrected chi connectivity index (χ2v) is 15.3. The molecule has 8 aromatic carbocycles. The highest BCUT2D eigenvalue weighted by atomic mass is 31.2. The molecule has 2 heteroatoms. The van der Waals surface area contributed by atoms with Crippen molar-refractivity contribution in [2.45, 2.75) is 0 Å². The lowest BCUT2D eigenvalue weighted by molar-refractivity contribution is 0.588. The van der Waals surface area contributed by atoms with Gasteiger partial charge in [-0.1, -0.05) is 121 Å². The summed E-state index contributed by atoms with van der Waals surface area (Å²) in [5.41, 5.74) is 7.11. The van der Waals surface area contributed by atoms with Gasteiger partial charge in [0.2, 0.25) is 0 Å². The van der Waals surface area contributed by atoms with E-state index in [1.165, 1.54) is 65.3 Å². The summed E-state index contributed by atoms with van der Waals surface area (Å²) in [7, 11) is -2.35. The fourth-order valence-corrected chi connectivity index (χ4v) is 7.61. The van der Waals surface area contributed by atoms with Crippen LogP contribution >= 0.6 is 7.14 Å². The van der Waals surface area contributed by atoms with E-state index in [0.717, 1.165) is 16.4 Å². The third-order valence-electron chi connectivity index (χ3n) is 8.88. The summed E-state index contributed by atoms with van der Waals surface area (Å²) < 4.78 is 12.8. The van der Waals surface area contributed by atoms with Crippen molar-refractivity contribution in [3.63, 3.8) is 0 Å². The standard InChI is InChI=1S/C42H31OP/c1-44(2,43)36-21-19-28(20-22-36)33-25-34(41-37-15-7-3-11-29(37)23-30-12-4-8-16-38(30)41)27-35(26-33)42-39-17-9-5-13-31(39)24-32-14-6-10-18-40(32)42/h3-27H,1-2H3. The molecule has 0 aliphatic carbocycles. The van der Waals surface area contributed by atoms with Crippen LogP contribution in [0.5, 0.6) is 0 Å². The quantitative estimate of drug-likeness (QED) is 0.149. The van der Waals surface area contributed by atoms with Crippen molar-refractivity contribution in [1.82, 2.24) is 0 Å². The van der Waals surface area contributed by atoms with Gasteiger partial charge < -0.3 is 4.57 Å². The summed E-state index contributed by atoms with van der Waals surface area (Å²) in [6.07, 6.45) is 0. The number of fused-ring (bicyclic) bond motifs is 4. The first-order valence-corrected chi connectivity index (χ1v) is 17.7. The van der Waals surface area contributed by atoms with Crippen molar-refractivity contribution in [3.8, 4) is 33.4 Å². The topological polar surface area (TPSA) is 17.1 Å². The van der Waals surface area contributed by atoms with Crippen molar-refractivity contribution in [2.24, 2.45) is 0 Å². The summed E-state index contributed by atoms with van der Waals surface area (Å²) in [6.45, 7) is 3.66. The van der Waals surface area contributed by atoms with Crippen LogP contribution in [-0.4, -0.2) is 13.3 Å². The highest BCUT2D eigenvalue weighted by Gasteiger charge is 2.17. The van der Waals surface area contributed by atoms with Gasteiger partial charge >= 0.3 is 0 Å². The smallest absolute Gasteiger partial charge is 0.109 e. The van der Waals surface area contributed by atoms with Crippen LogP contribution in [0, 0.1) is 0 Å². The van der Waals surface area contributed by atoms with E-state index < -0.39 is 7.14 Å². The Morgan fingerprint density at radius 2 is 0.705 bits per heavy atom. The molecule has 0 N–H and O–H groups in total. The zero-order valence-corrected chi connectivity index (χ0v) is 25.7. The van der Waals surface area contributed by atoms with Gasteiger partial charge in [0, 0.05) is 5.30 Å². The summed E-state index contributed by atoms with van der Waals surface area (Å²) >= 11 is 0. The minimum absolute atomic E-state index is 0.901. The molecule has 0 saturated carbocycles. The first-order chi connectivity index (χ1) is 21.4. The Bertz CT molecular complexity index is 2180. The normalized spacial score (nSPS) is 12.0. The molecule has 0 atom stereocenters. The summed E-state index contributed by atoms with van der Waals surface area (Å²) in [4.78, 5) is 0. The van der Waals surface area contributed by atoms with Crippen LogP contribution < -0.4 is 5.30 Å². The average molecular weight is 583 g/mol. The van der Waals surface area contributed by atoms with Crippen LogP contribution in [0.2, 0.25) is 0 Å². The molecule has 44 heavy (non-hydrogen) atoms. The Hall–Kier alpha value is -4.97. The molecule has 0 heterocycles. The van der Waals surface area contributed by atoms with Gasteiger partial charge in [-0.2, -0.15) is 0 Å². The number of rotatable bonds is 4. The number of benzene rings is 8. The molecule has 0 unspecified atom stereocenters. The van der Waals surface area contributed by atoms with E-state index in [4.69, 9.17) is 0 Å². The molecule has 1 nitrogen and oxygen atoms in total. The Kier molecular flexibility index (Phi) is 6.26. The molecule has 0 aliphatic heterocycles. The minimum atomic E-state index is -2.35. The predicted molar refractivity (Wildman–Crippen MR) is 192 cm³/mol. The molecule has 0 fully saturated rings. The van der Waals surface area contributed by atoms with Crippen molar-refractivity contribution in [3.05, 3.63) is 152 Å². The largest absolute Gasteiger partial charge is 0.319 e. The molecule has 0 bridgehead atoms. The van der Waals surface area contributed by atoms with Crippen LogP contribution in [0.25, 0.3) is 76.5 Å². The Morgan fingerprint density at radius 1 is 0.364 bits per heavy atom. The highest BCUT2D eigenvalue weighted by Crippen LogP contribution is 2.43. The maximum absolute atomic E-state index is 12.8. The molecule has 0 spiro atoms. The molecular formula is C42H31OP. The summed E-state index contributed by atoms with van der Waals surface area (Å²) in [5, 5.41) is 10.8. The lowest BCUT2D eigenvalue weighted by atomic mass is 9.86. The van der Waals surface area contributed by atoms with Crippen molar-refractivity contribution < 1.29 is 4.57 Å². The van der Waals surface area contributed by atoms with Gasteiger partial charge in [0.15, 0.2) is 0 Å². The minimum Gasteiger partial charge on any atom is -0.319 e. The molecule has 8 rings (SSSR count). The van der Waals surface area contributed by atoms with Crippen LogP contribution in [0.15, 0.2) is 152 Å². The van der Waals surface area contributed by atoms with Crippen LogP contribution in [0.4, 0.5) is 0 Å². The van der Waals surface area contributed by atoms with E-state index in [-0.39, 0.29) is 0 Å². The average Bonchev–Trinajstić information content (AvgIpc) is 3.05. The van der Waals surface area contributed by atoms with Gasteiger partial charge in [0.1, 0.15) is 7.14 Å². The van der Waals surface area contributed by atoms with Gasteiger partial charge in [0.05, 0.1) is 0 Å². The maximum Gasteiger partial charge on any atom is 0.109 e. The molecule has 8 aromatic rings. The predicted octanol–water partition coefficient (Wildman–Crippen LogP) is 11.5. The number of hydrogen-bond acceptors (Lipinski definition) is 1. The lowest BCUT2D eigenvalue weighted by Gasteiger charge is -2.18. The van der Waals surface area contributed by atoms with E-state index in [2.05, 4.69) is 140 Å². The third kappa shape index (κ3) is 4.53. The second-order valence-electron chi connectivity index (χ2n) is 12.1. The van der Waals surface area contributed by atoms with Crippen LogP contribution in [0.3, 0.4) is 0 Å². The Balaban J connectivity index is 1.49. The van der Waals surface area contributed by atoms with Gasteiger partial charge in [-0.15, -0.1) is 0 Å². The molecular weight excluding hydrogens is 551 g/mol. The zero-order chi connectivity index (χ0) is 29.8. The van der Waals surface area contributed by atoms with Gasteiger partial charge in [-0.25, -0.2) is 0 Å². The monoisotopic (exact) mass is 582 g/mol. The number of hydrogen-bond donors (Lipinski definition) is 0. The fourth-order valence-electron chi connectivity index (χ4n) is 6.75. The van der Waals surface area contributed by atoms with E-state index in [1.807, 2.05) is 25.5 Å².